The van der Waals surface area contributed by atoms with Gasteiger partial charge in [0.05, 0.1) is 11.0 Å². The summed E-state index contributed by atoms with van der Waals surface area (Å²) in [7, 11) is 0. The van der Waals surface area contributed by atoms with Gasteiger partial charge in [0.1, 0.15) is 24.0 Å². The number of ether oxygens (including phenoxy) is 1. The molecular formula is C24H23BrFN3O. The van der Waals surface area contributed by atoms with Crippen LogP contribution in [0.25, 0.3) is 11.0 Å². The molecule has 0 aliphatic heterocycles. The number of halogens is 2. The zero-order valence-corrected chi connectivity index (χ0v) is 18.1. The van der Waals surface area contributed by atoms with Crippen LogP contribution in [0.15, 0.2) is 71.2 Å². The number of fused-ring (bicyclic) bond motifs is 1. The van der Waals surface area contributed by atoms with Crippen molar-refractivity contribution in [2.24, 2.45) is 0 Å². The first-order valence-electron chi connectivity index (χ1n) is 9.97. The van der Waals surface area contributed by atoms with Gasteiger partial charge in [-0.2, -0.15) is 0 Å². The van der Waals surface area contributed by atoms with Crippen LogP contribution >= 0.6 is 15.9 Å². The second kappa shape index (κ2) is 9.87. The molecule has 4 rings (SSSR count). The monoisotopic (exact) mass is 467 g/mol. The molecule has 0 amide bonds. The van der Waals surface area contributed by atoms with Crippen LogP contribution in [-0.4, -0.2) is 16.5 Å². The van der Waals surface area contributed by atoms with Gasteiger partial charge in [-0.05, 0) is 61.0 Å². The standard InChI is InChI=1S/C24H23BrFN3O/c25-19-9-12-23(30-16-17-7-10-20(26)11-8-17)18(14-19)15-27-13-3-6-24-28-21-4-1-2-5-22(21)29-24/h1-2,4-5,7-12,14,27H,3,6,13,15-16H2,(H,28,29). The molecule has 154 valence electrons. The van der Waals surface area contributed by atoms with E-state index in [1.54, 1.807) is 12.1 Å². The lowest BCUT2D eigenvalue weighted by Crippen LogP contribution is -2.16. The Bertz CT molecular complexity index is 1080. The van der Waals surface area contributed by atoms with Crippen LogP contribution in [0.4, 0.5) is 4.39 Å². The number of aromatic nitrogens is 2. The molecule has 0 atom stereocenters. The average Bonchev–Trinajstić information content (AvgIpc) is 3.17. The number of H-pyrrole nitrogens is 1. The van der Waals surface area contributed by atoms with Crippen LogP contribution in [0.1, 0.15) is 23.4 Å². The Morgan fingerprint density at radius 1 is 1.03 bits per heavy atom. The van der Waals surface area contributed by atoms with Crippen LogP contribution in [0.3, 0.4) is 0 Å². The van der Waals surface area contributed by atoms with Crippen molar-refractivity contribution < 1.29 is 9.13 Å². The maximum atomic E-state index is 13.1. The lowest BCUT2D eigenvalue weighted by molar-refractivity contribution is 0.302. The van der Waals surface area contributed by atoms with E-state index in [0.29, 0.717) is 13.2 Å². The summed E-state index contributed by atoms with van der Waals surface area (Å²) in [6.45, 7) is 1.99. The van der Waals surface area contributed by atoms with E-state index in [9.17, 15) is 4.39 Å². The zero-order chi connectivity index (χ0) is 20.8. The summed E-state index contributed by atoms with van der Waals surface area (Å²) in [6.07, 6.45) is 1.88. The van der Waals surface area contributed by atoms with Crippen molar-refractivity contribution in [1.82, 2.24) is 15.3 Å². The van der Waals surface area contributed by atoms with Gasteiger partial charge >= 0.3 is 0 Å². The van der Waals surface area contributed by atoms with E-state index in [1.165, 1.54) is 12.1 Å². The minimum atomic E-state index is -0.241. The molecule has 4 nitrogen and oxygen atoms in total. The fraction of sp³-hybridized carbons (Fsp3) is 0.208. The molecule has 0 aliphatic rings. The number of nitrogens with zero attached hydrogens (tertiary/aromatic N) is 1. The molecule has 1 aromatic heterocycles. The molecule has 0 unspecified atom stereocenters. The third kappa shape index (κ3) is 5.46. The van der Waals surface area contributed by atoms with Crippen molar-refractivity contribution in [3.05, 3.63) is 94.0 Å². The number of imidazole rings is 1. The van der Waals surface area contributed by atoms with E-state index in [4.69, 9.17) is 4.74 Å². The minimum Gasteiger partial charge on any atom is -0.489 e. The van der Waals surface area contributed by atoms with Crippen molar-refractivity contribution in [2.45, 2.75) is 26.0 Å². The van der Waals surface area contributed by atoms with Crippen LogP contribution < -0.4 is 10.1 Å². The molecule has 0 aliphatic carbocycles. The van der Waals surface area contributed by atoms with E-state index in [1.807, 2.05) is 36.4 Å². The van der Waals surface area contributed by atoms with Crippen molar-refractivity contribution in [3.63, 3.8) is 0 Å². The van der Waals surface area contributed by atoms with Crippen molar-refractivity contribution in [2.75, 3.05) is 6.54 Å². The number of aromatic amines is 1. The lowest BCUT2D eigenvalue weighted by atomic mass is 10.2. The Morgan fingerprint density at radius 3 is 2.70 bits per heavy atom. The quantitative estimate of drug-likeness (QED) is 0.307. The molecule has 0 saturated carbocycles. The molecule has 30 heavy (non-hydrogen) atoms. The van der Waals surface area contributed by atoms with E-state index >= 15 is 0 Å². The molecule has 0 fully saturated rings. The van der Waals surface area contributed by atoms with Crippen LogP contribution in [0.5, 0.6) is 5.75 Å². The molecule has 0 radical (unpaired) electrons. The molecule has 0 saturated heterocycles. The fourth-order valence-corrected chi connectivity index (χ4v) is 3.71. The van der Waals surface area contributed by atoms with Gasteiger partial charge in [-0.3, -0.25) is 0 Å². The molecule has 6 heteroatoms. The fourth-order valence-electron chi connectivity index (χ4n) is 3.30. The Hall–Kier alpha value is -2.70. The Balaban J connectivity index is 1.28. The Kier molecular flexibility index (Phi) is 6.77. The zero-order valence-electron chi connectivity index (χ0n) is 16.5. The Morgan fingerprint density at radius 2 is 1.87 bits per heavy atom. The second-order valence-corrected chi connectivity index (χ2v) is 8.06. The molecule has 0 bridgehead atoms. The topological polar surface area (TPSA) is 49.9 Å². The molecule has 2 N–H and O–H groups in total. The van der Waals surface area contributed by atoms with Crippen LogP contribution in [0, 0.1) is 5.82 Å². The lowest BCUT2D eigenvalue weighted by Gasteiger charge is -2.13. The molecule has 0 spiro atoms. The van der Waals surface area contributed by atoms with E-state index in [0.717, 1.165) is 57.6 Å². The number of aryl methyl sites for hydroxylation is 1. The van der Waals surface area contributed by atoms with Crippen molar-refractivity contribution in [3.8, 4) is 5.75 Å². The second-order valence-electron chi connectivity index (χ2n) is 7.15. The summed E-state index contributed by atoms with van der Waals surface area (Å²) in [5.41, 5.74) is 4.11. The molecular weight excluding hydrogens is 445 g/mol. The number of hydrogen-bond acceptors (Lipinski definition) is 3. The highest BCUT2D eigenvalue weighted by molar-refractivity contribution is 9.10. The SMILES string of the molecule is Fc1ccc(COc2ccc(Br)cc2CNCCCc2nc3ccccc3[nH]2)cc1. The number of hydrogen-bond donors (Lipinski definition) is 2. The number of rotatable bonds is 9. The van der Waals surface area contributed by atoms with Crippen LogP contribution in [0.2, 0.25) is 0 Å². The van der Waals surface area contributed by atoms with Crippen molar-refractivity contribution in [1.29, 1.82) is 0 Å². The summed E-state index contributed by atoms with van der Waals surface area (Å²) >= 11 is 3.53. The predicted molar refractivity (Wildman–Crippen MR) is 121 cm³/mol. The van der Waals surface area contributed by atoms with Gasteiger partial charge in [-0.1, -0.05) is 40.2 Å². The van der Waals surface area contributed by atoms with Crippen LogP contribution in [-0.2, 0) is 19.6 Å². The largest absolute Gasteiger partial charge is 0.489 e. The van der Waals surface area contributed by atoms with Gasteiger partial charge in [0, 0.05) is 23.0 Å². The maximum absolute atomic E-state index is 13.1. The number of nitrogens with one attached hydrogen (secondary N) is 2. The molecule has 1 heterocycles. The first-order valence-corrected chi connectivity index (χ1v) is 10.8. The molecule has 3 aromatic carbocycles. The summed E-state index contributed by atoms with van der Waals surface area (Å²) in [5, 5.41) is 3.49. The third-order valence-electron chi connectivity index (χ3n) is 4.85. The normalized spacial score (nSPS) is 11.1. The third-order valence-corrected chi connectivity index (χ3v) is 5.34. The summed E-state index contributed by atoms with van der Waals surface area (Å²) in [4.78, 5) is 7.99. The summed E-state index contributed by atoms with van der Waals surface area (Å²) in [6, 6.07) is 20.4. The first kappa shape index (κ1) is 20.6. The van der Waals surface area contributed by atoms with Gasteiger partial charge in [0.2, 0.25) is 0 Å². The van der Waals surface area contributed by atoms with Gasteiger partial charge in [-0.15, -0.1) is 0 Å². The smallest absolute Gasteiger partial charge is 0.124 e. The highest BCUT2D eigenvalue weighted by Gasteiger charge is 2.06. The number of para-hydroxylation sites is 2. The van der Waals surface area contributed by atoms with Gasteiger partial charge in [-0.25, -0.2) is 9.37 Å². The van der Waals surface area contributed by atoms with Gasteiger partial charge in [0.25, 0.3) is 0 Å². The highest BCUT2D eigenvalue weighted by Crippen LogP contribution is 2.24. The van der Waals surface area contributed by atoms with Gasteiger partial charge < -0.3 is 15.0 Å². The highest BCUT2D eigenvalue weighted by atomic mass is 79.9. The van der Waals surface area contributed by atoms with E-state index < -0.39 is 0 Å². The maximum Gasteiger partial charge on any atom is 0.124 e. The average molecular weight is 468 g/mol. The van der Waals surface area contributed by atoms with Gasteiger partial charge in [0.15, 0.2) is 0 Å². The number of benzene rings is 3. The molecule has 4 aromatic rings. The Labute approximate surface area is 183 Å². The van der Waals surface area contributed by atoms with Crippen molar-refractivity contribution >= 4 is 27.0 Å². The summed E-state index contributed by atoms with van der Waals surface area (Å²) in [5.74, 6) is 1.60. The first-order chi connectivity index (χ1) is 14.7. The minimum absolute atomic E-state index is 0.241. The summed E-state index contributed by atoms with van der Waals surface area (Å²) < 4.78 is 20.1. The van der Waals surface area contributed by atoms with E-state index in [-0.39, 0.29) is 5.82 Å². The van der Waals surface area contributed by atoms with E-state index in [2.05, 4.69) is 37.3 Å². The predicted octanol–water partition coefficient (Wildman–Crippen LogP) is 5.77.